The molecule has 1 N–H and O–H groups in total. The van der Waals surface area contributed by atoms with E-state index in [-0.39, 0.29) is 0 Å². The number of pyridine rings is 1. The first-order chi connectivity index (χ1) is 9.03. The van der Waals surface area contributed by atoms with Crippen molar-refractivity contribution in [3.8, 4) is 0 Å². The van der Waals surface area contributed by atoms with E-state index < -0.39 is 0 Å². The van der Waals surface area contributed by atoms with E-state index in [0.717, 1.165) is 18.9 Å². The number of thioether (sulfide) groups is 1. The van der Waals surface area contributed by atoms with Crippen molar-refractivity contribution in [2.24, 2.45) is 0 Å². The van der Waals surface area contributed by atoms with Crippen LogP contribution in [0.25, 0.3) is 0 Å². The second-order valence-corrected chi connectivity index (χ2v) is 7.57. The summed E-state index contributed by atoms with van der Waals surface area (Å²) < 4.78 is 0.387. The average molecular weight is 279 g/mol. The number of aromatic nitrogens is 1. The summed E-state index contributed by atoms with van der Waals surface area (Å²) >= 11 is 2.07. The Morgan fingerprint density at radius 2 is 2.21 bits per heavy atom. The fourth-order valence-electron chi connectivity index (χ4n) is 2.40. The van der Waals surface area contributed by atoms with Crippen molar-refractivity contribution < 1.29 is 0 Å². The van der Waals surface area contributed by atoms with Gasteiger partial charge in [-0.3, -0.25) is 0 Å². The summed E-state index contributed by atoms with van der Waals surface area (Å²) in [5.74, 6) is 2.33. The predicted molar refractivity (Wildman–Crippen MR) is 85.1 cm³/mol. The van der Waals surface area contributed by atoms with Crippen LogP contribution >= 0.6 is 11.8 Å². The number of hydrogen-bond acceptors (Lipinski definition) is 4. The first-order valence-electron chi connectivity index (χ1n) is 7.04. The van der Waals surface area contributed by atoms with E-state index in [4.69, 9.17) is 0 Å². The van der Waals surface area contributed by atoms with Crippen LogP contribution in [-0.4, -0.2) is 35.6 Å². The summed E-state index contributed by atoms with van der Waals surface area (Å²) in [7, 11) is 2.00. The third-order valence-electron chi connectivity index (χ3n) is 3.85. The van der Waals surface area contributed by atoms with Crippen LogP contribution in [0.1, 0.15) is 38.8 Å². The standard InChI is InChI=1S/C15H25N3S/c1-12(16-4)13-6-5-8-17-14(13)18-9-7-15(2,3)19-11-10-18/h5-6,8,12,16H,7,9-11H2,1-4H3. The molecule has 1 aliphatic rings. The molecule has 1 unspecified atom stereocenters. The molecule has 3 nitrogen and oxygen atoms in total. The van der Waals surface area contributed by atoms with Gasteiger partial charge in [0.25, 0.3) is 0 Å². The van der Waals surface area contributed by atoms with Gasteiger partial charge in [-0.1, -0.05) is 19.9 Å². The van der Waals surface area contributed by atoms with E-state index in [1.807, 2.05) is 19.3 Å². The number of hydrogen-bond donors (Lipinski definition) is 1. The number of nitrogens with one attached hydrogen (secondary N) is 1. The monoisotopic (exact) mass is 279 g/mol. The second-order valence-electron chi connectivity index (χ2n) is 5.77. The molecule has 19 heavy (non-hydrogen) atoms. The third kappa shape index (κ3) is 3.63. The van der Waals surface area contributed by atoms with Crippen LogP contribution in [0.15, 0.2) is 18.3 Å². The summed E-state index contributed by atoms with van der Waals surface area (Å²) in [4.78, 5) is 7.09. The van der Waals surface area contributed by atoms with Gasteiger partial charge in [-0.25, -0.2) is 4.98 Å². The van der Waals surface area contributed by atoms with Crippen molar-refractivity contribution in [2.45, 2.75) is 38.0 Å². The van der Waals surface area contributed by atoms with Gasteiger partial charge in [0.2, 0.25) is 0 Å². The van der Waals surface area contributed by atoms with Crippen molar-refractivity contribution in [1.82, 2.24) is 10.3 Å². The van der Waals surface area contributed by atoms with E-state index in [9.17, 15) is 0 Å². The number of nitrogens with zero attached hydrogens (tertiary/aromatic N) is 2. The zero-order chi connectivity index (χ0) is 13.9. The first kappa shape index (κ1) is 14.7. The lowest BCUT2D eigenvalue weighted by Gasteiger charge is -2.26. The fourth-order valence-corrected chi connectivity index (χ4v) is 3.50. The molecule has 1 aromatic rings. The molecular formula is C15H25N3S. The summed E-state index contributed by atoms with van der Waals surface area (Å²) in [6.45, 7) is 9.07. The molecule has 2 heterocycles. The number of rotatable bonds is 3. The van der Waals surface area contributed by atoms with Crippen LogP contribution in [0.2, 0.25) is 0 Å². The van der Waals surface area contributed by atoms with Gasteiger partial charge < -0.3 is 10.2 Å². The highest BCUT2D eigenvalue weighted by molar-refractivity contribution is 8.00. The van der Waals surface area contributed by atoms with E-state index in [1.54, 1.807) is 0 Å². The molecule has 0 aromatic carbocycles. The molecule has 4 heteroatoms. The molecule has 1 saturated heterocycles. The van der Waals surface area contributed by atoms with Gasteiger partial charge in [0.05, 0.1) is 0 Å². The van der Waals surface area contributed by atoms with Gasteiger partial charge in [0.1, 0.15) is 5.82 Å². The summed E-state index contributed by atoms with van der Waals surface area (Å²) in [6.07, 6.45) is 3.12. The van der Waals surface area contributed by atoms with E-state index in [1.165, 1.54) is 17.7 Å². The molecule has 1 aliphatic heterocycles. The SMILES string of the molecule is CNC(C)c1cccnc1N1CCSC(C)(C)CC1. The van der Waals surface area contributed by atoms with Crippen molar-refractivity contribution in [3.63, 3.8) is 0 Å². The molecule has 1 aromatic heterocycles. The van der Waals surface area contributed by atoms with Crippen LogP contribution in [0.5, 0.6) is 0 Å². The minimum absolute atomic E-state index is 0.340. The predicted octanol–water partition coefficient (Wildman–Crippen LogP) is 3.08. The highest BCUT2D eigenvalue weighted by Gasteiger charge is 2.25. The Hall–Kier alpha value is -0.740. The lowest BCUT2D eigenvalue weighted by atomic mass is 10.1. The van der Waals surface area contributed by atoms with Crippen LogP contribution in [0, 0.1) is 0 Å². The molecule has 0 saturated carbocycles. The first-order valence-corrected chi connectivity index (χ1v) is 8.03. The Bertz CT molecular complexity index is 420. The summed E-state index contributed by atoms with van der Waals surface area (Å²) in [5, 5.41) is 3.32. The molecule has 2 rings (SSSR count). The smallest absolute Gasteiger partial charge is 0.133 e. The van der Waals surface area contributed by atoms with Gasteiger partial charge in [-0.05, 0) is 26.5 Å². The van der Waals surface area contributed by atoms with Crippen molar-refractivity contribution >= 4 is 17.6 Å². The Labute approximate surface area is 121 Å². The molecule has 1 fully saturated rings. The lowest BCUT2D eigenvalue weighted by Crippen LogP contribution is -2.30. The van der Waals surface area contributed by atoms with Crippen LogP contribution in [0.4, 0.5) is 5.82 Å². The Morgan fingerprint density at radius 1 is 1.42 bits per heavy atom. The topological polar surface area (TPSA) is 28.2 Å². The maximum absolute atomic E-state index is 4.64. The molecule has 0 amide bonds. The molecule has 106 valence electrons. The maximum Gasteiger partial charge on any atom is 0.133 e. The highest BCUT2D eigenvalue weighted by Crippen LogP contribution is 2.33. The number of anilines is 1. The Balaban J connectivity index is 2.22. The van der Waals surface area contributed by atoms with Gasteiger partial charge in [0.15, 0.2) is 0 Å². The lowest BCUT2D eigenvalue weighted by molar-refractivity contribution is 0.620. The van der Waals surface area contributed by atoms with Gasteiger partial charge >= 0.3 is 0 Å². The Morgan fingerprint density at radius 3 is 2.95 bits per heavy atom. The van der Waals surface area contributed by atoms with Crippen molar-refractivity contribution in [2.75, 3.05) is 30.8 Å². The second kappa shape index (κ2) is 6.14. The van der Waals surface area contributed by atoms with Crippen LogP contribution in [-0.2, 0) is 0 Å². The molecule has 0 radical (unpaired) electrons. The van der Waals surface area contributed by atoms with Gasteiger partial charge in [-0.2, -0.15) is 11.8 Å². The van der Waals surface area contributed by atoms with Crippen LogP contribution < -0.4 is 10.2 Å². The zero-order valence-corrected chi connectivity index (χ0v) is 13.3. The zero-order valence-electron chi connectivity index (χ0n) is 12.4. The summed E-state index contributed by atoms with van der Waals surface area (Å²) in [5.41, 5.74) is 1.30. The normalized spacial score (nSPS) is 20.9. The average Bonchev–Trinajstić information content (AvgIpc) is 2.59. The molecule has 0 bridgehead atoms. The Kier molecular flexibility index (Phi) is 4.74. The van der Waals surface area contributed by atoms with E-state index in [2.05, 4.69) is 53.8 Å². The fraction of sp³-hybridized carbons (Fsp3) is 0.667. The van der Waals surface area contributed by atoms with Gasteiger partial charge in [0, 0.05) is 41.4 Å². The van der Waals surface area contributed by atoms with Crippen molar-refractivity contribution in [3.05, 3.63) is 23.9 Å². The minimum Gasteiger partial charge on any atom is -0.355 e. The minimum atomic E-state index is 0.340. The van der Waals surface area contributed by atoms with Crippen molar-refractivity contribution in [1.29, 1.82) is 0 Å². The van der Waals surface area contributed by atoms with E-state index >= 15 is 0 Å². The summed E-state index contributed by atoms with van der Waals surface area (Å²) in [6, 6.07) is 4.56. The van der Waals surface area contributed by atoms with E-state index in [0.29, 0.717) is 10.8 Å². The van der Waals surface area contributed by atoms with Crippen LogP contribution in [0.3, 0.4) is 0 Å². The quantitative estimate of drug-likeness (QED) is 0.920. The largest absolute Gasteiger partial charge is 0.355 e. The molecule has 0 spiro atoms. The molecule has 0 aliphatic carbocycles. The molecular weight excluding hydrogens is 254 g/mol. The molecule has 1 atom stereocenters. The maximum atomic E-state index is 4.64. The van der Waals surface area contributed by atoms with Gasteiger partial charge in [-0.15, -0.1) is 0 Å². The third-order valence-corrected chi connectivity index (χ3v) is 5.23. The highest BCUT2D eigenvalue weighted by atomic mass is 32.2.